The molecule has 0 spiro atoms. The van der Waals surface area contributed by atoms with Crippen molar-refractivity contribution in [3.63, 3.8) is 0 Å². The molecule has 2 rings (SSSR count). The predicted octanol–water partition coefficient (Wildman–Crippen LogP) is 2.62. The summed E-state index contributed by atoms with van der Waals surface area (Å²) in [6, 6.07) is 12.4. The number of aryl methyl sites for hydroxylation is 1. The molecule has 21 heavy (non-hydrogen) atoms. The van der Waals surface area contributed by atoms with Gasteiger partial charge in [-0.25, -0.2) is 4.98 Å². The van der Waals surface area contributed by atoms with Gasteiger partial charge in [0.1, 0.15) is 11.4 Å². The summed E-state index contributed by atoms with van der Waals surface area (Å²) in [5, 5.41) is 20.8. The molecule has 5 nitrogen and oxygen atoms in total. The normalized spacial score (nSPS) is 13.9. The van der Waals surface area contributed by atoms with Gasteiger partial charge in [0.25, 0.3) is 0 Å². The second kappa shape index (κ2) is 6.74. The molecule has 0 radical (unpaired) electrons. The molecule has 0 aliphatic heterocycles. The summed E-state index contributed by atoms with van der Waals surface area (Å²) in [7, 11) is 0. The van der Waals surface area contributed by atoms with Gasteiger partial charge in [0.2, 0.25) is 5.16 Å². The van der Waals surface area contributed by atoms with Crippen LogP contribution in [0.3, 0.4) is 0 Å². The Morgan fingerprint density at radius 1 is 1.38 bits per heavy atom. The van der Waals surface area contributed by atoms with Crippen LogP contribution in [0.2, 0.25) is 0 Å². The number of rotatable bonds is 6. The summed E-state index contributed by atoms with van der Waals surface area (Å²) in [5.74, 6) is 1.32. The van der Waals surface area contributed by atoms with E-state index in [0.717, 1.165) is 11.4 Å². The molecule has 0 saturated heterocycles. The van der Waals surface area contributed by atoms with Crippen molar-refractivity contribution in [1.29, 1.82) is 5.26 Å². The lowest BCUT2D eigenvalue weighted by molar-refractivity contribution is 0.425. The van der Waals surface area contributed by atoms with Crippen molar-refractivity contribution in [2.75, 3.05) is 5.75 Å². The monoisotopic (exact) mass is 301 g/mol. The van der Waals surface area contributed by atoms with Crippen molar-refractivity contribution in [3.05, 3.63) is 41.7 Å². The zero-order valence-corrected chi connectivity index (χ0v) is 13.2. The molecule has 0 saturated carbocycles. The van der Waals surface area contributed by atoms with E-state index in [2.05, 4.69) is 26.6 Å². The Labute approximate surface area is 129 Å². The Morgan fingerprint density at radius 2 is 2.10 bits per heavy atom. The van der Waals surface area contributed by atoms with Crippen molar-refractivity contribution < 1.29 is 0 Å². The summed E-state index contributed by atoms with van der Waals surface area (Å²) in [4.78, 5) is 4.28. The first-order chi connectivity index (χ1) is 10.1. The number of hydrogen-bond acceptors (Lipinski definition) is 5. The maximum atomic E-state index is 9.79. The summed E-state index contributed by atoms with van der Waals surface area (Å²) in [6.07, 6.45) is 0. The number of H-pyrrole nitrogens is 1. The van der Waals surface area contributed by atoms with Crippen molar-refractivity contribution in [3.8, 4) is 6.07 Å². The molecule has 0 amide bonds. The lowest BCUT2D eigenvalue weighted by Crippen LogP contribution is -2.47. The quantitative estimate of drug-likeness (QED) is 0.802. The topological polar surface area (TPSA) is 77.4 Å². The van der Waals surface area contributed by atoms with Crippen LogP contribution in [0.1, 0.15) is 25.2 Å². The zero-order valence-electron chi connectivity index (χ0n) is 12.4. The number of nitriles is 1. The van der Waals surface area contributed by atoms with Gasteiger partial charge in [-0.1, -0.05) is 42.1 Å². The van der Waals surface area contributed by atoms with Gasteiger partial charge in [0.05, 0.1) is 6.07 Å². The highest BCUT2D eigenvalue weighted by Gasteiger charge is 2.33. The van der Waals surface area contributed by atoms with Gasteiger partial charge in [-0.05, 0) is 26.3 Å². The van der Waals surface area contributed by atoms with Crippen LogP contribution in [0, 0.1) is 18.3 Å². The van der Waals surface area contributed by atoms with Crippen LogP contribution in [-0.2, 0) is 5.54 Å². The molecule has 1 unspecified atom stereocenters. The number of hydrogen-bond donors (Lipinski definition) is 2. The Kier molecular flexibility index (Phi) is 4.99. The van der Waals surface area contributed by atoms with Gasteiger partial charge in [-0.3, -0.25) is 10.4 Å². The van der Waals surface area contributed by atoms with E-state index in [1.807, 2.05) is 51.1 Å². The highest BCUT2D eigenvalue weighted by atomic mass is 32.2. The molecule has 2 aromatic rings. The summed E-state index contributed by atoms with van der Waals surface area (Å²) in [5.41, 5.74) is 0.204. The van der Waals surface area contributed by atoms with Gasteiger partial charge in [-0.15, -0.1) is 5.10 Å². The van der Waals surface area contributed by atoms with Gasteiger partial charge in [-0.2, -0.15) is 5.26 Å². The Hall–Kier alpha value is -1.84. The van der Waals surface area contributed by atoms with E-state index in [4.69, 9.17) is 0 Å². The highest BCUT2D eigenvalue weighted by Crippen LogP contribution is 2.28. The number of aromatic nitrogens is 3. The van der Waals surface area contributed by atoms with Gasteiger partial charge in [0, 0.05) is 11.8 Å². The fraction of sp³-hybridized carbons (Fsp3) is 0.400. The molecular formula is C15H19N5S. The second-order valence-corrected chi connectivity index (χ2v) is 6.12. The average Bonchev–Trinajstić information content (AvgIpc) is 2.90. The SMILES string of the molecule is Cc1nc(SCC(C#N)(NC(C)C)c2ccccc2)n[nH]1. The first-order valence-corrected chi connectivity index (χ1v) is 7.80. The fourth-order valence-electron chi connectivity index (χ4n) is 2.11. The second-order valence-electron chi connectivity index (χ2n) is 5.17. The maximum absolute atomic E-state index is 9.79. The van der Waals surface area contributed by atoms with Crippen molar-refractivity contribution in [2.24, 2.45) is 0 Å². The van der Waals surface area contributed by atoms with Gasteiger partial charge >= 0.3 is 0 Å². The summed E-state index contributed by atoms with van der Waals surface area (Å²) < 4.78 is 0. The minimum atomic E-state index is -0.755. The molecule has 1 aromatic carbocycles. The highest BCUT2D eigenvalue weighted by molar-refractivity contribution is 7.99. The van der Waals surface area contributed by atoms with E-state index in [1.54, 1.807) is 0 Å². The smallest absolute Gasteiger partial charge is 0.208 e. The standard InChI is InChI=1S/C15H19N5S/c1-11(2)18-15(9-16,13-7-5-4-6-8-13)10-21-14-17-12(3)19-20-14/h4-8,11,18H,10H2,1-3H3,(H,17,19,20). The minimum absolute atomic E-state index is 0.194. The molecule has 0 fully saturated rings. The first-order valence-electron chi connectivity index (χ1n) is 6.82. The molecule has 110 valence electrons. The van der Waals surface area contributed by atoms with E-state index < -0.39 is 5.54 Å². The Bertz CT molecular complexity index is 616. The number of nitrogens with one attached hydrogen (secondary N) is 2. The van der Waals surface area contributed by atoms with Crippen LogP contribution in [0.15, 0.2) is 35.5 Å². The average molecular weight is 301 g/mol. The van der Waals surface area contributed by atoms with Crippen molar-refractivity contribution in [2.45, 2.75) is 37.5 Å². The third kappa shape index (κ3) is 3.84. The fourth-order valence-corrected chi connectivity index (χ4v) is 3.08. The predicted molar refractivity (Wildman–Crippen MR) is 83.8 cm³/mol. The molecule has 2 N–H and O–H groups in total. The van der Waals surface area contributed by atoms with Gasteiger partial charge < -0.3 is 0 Å². The lowest BCUT2D eigenvalue weighted by Gasteiger charge is -2.30. The number of nitrogens with zero attached hydrogens (tertiary/aromatic N) is 3. The Balaban J connectivity index is 2.25. The molecule has 1 heterocycles. The summed E-state index contributed by atoms with van der Waals surface area (Å²) >= 11 is 1.47. The van der Waals surface area contributed by atoms with E-state index in [0.29, 0.717) is 10.9 Å². The van der Waals surface area contributed by atoms with E-state index in [-0.39, 0.29) is 6.04 Å². The number of benzene rings is 1. The molecule has 1 aromatic heterocycles. The molecule has 0 aliphatic rings. The van der Waals surface area contributed by atoms with Gasteiger partial charge in [0.15, 0.2) is 0 Å². The number of aromatic amines is 1. The van der Waals surface area contributed by atoms with Crippen LogP contribution in [0.4, 0.5) is 0 Å². The van der Waals surface area contributed by atoms with Crippen molar-refractivity contribution >= 4 is 11.8 Å². The van der Waals surface area contributed by atoms with Crippen LogP contribution >= 0.6 is 11.8 Å². The zero-order chi connectivity index (χ0) is 15.3. The van der Waals surface area contributed by atoms with Crippen molar-refractivity contribution in [1.82, 2.24) is 20.5 Å². The Morgan fingerprint density at radius 3 is 2.62 bits per heavy atom. The third-order valence-corrected chi connectivity index (χ3v) is 4.01. The summed E-state index contributed by atoms with van der Waals surface area (Å²) in [6.45, 7) is 5.94. The molecule has 0 bridgehead atoms. The molecular weight excluding hydrogens is 282 g/mol. The molecule has 6 heteroatoms. The molecule has 1 atom stereocenters. The van der Waals surface area contributed by atoms with Crippen LogP contribution in [0.25, 0.3) is 0 Å². The molecule has 0 aliphatic carbocycles. The minimum Gasteiger partial charge on any atom is -0.293 e. The van der Waals surface area contributed by atoms with E-state index in [1.165, 1.54) is 11.8 Å². The van der Waals surface area contributed by atoms with Crippen LogP contribution in [0.5, 0.6) is 0 Å². The largest absolute Gasteiger partial charge is 0.293 e. The first kappa shape index (κ1) is 15.5. The van der Waals surface area contributed by atoms with E-state index in [9.17, 15) is 5.26 Å². The maximum Gasteiger partial charge on any atom is 0.208 e. The lowest BCUT2D eigenvalue weighted by atomic mass is 9.92. The van der Waals surface area contributed by atoms with E-state index >= 15 is 0 Å². The van der Waals surface area contributed by atoms with Crippen LogP contribution in [-0.4, -0.2) is 27.0 Å². The number of thioether (sulfide) groups is 1. The van der Waals surface area contributed by atoms with Crippen LogP contribution < -0.4 is 5.32 Å². The third-order valence-electron chi connectivity index (χ3n) is 2.99.